The molecule has 0 aliphatic carbocycles. The smallest absolute Gasteiger partial charge is 0.225 e. The van der Waals surface area contributed by atoms with Gasteiger partial charge in [-0.3, -0.25) is 4.79 Å². The zero-order chi connectivity index (χ0) is 10.4. The fraction of sp³-hybridized carbons (Fsp3) is 0.300. The van der Waals surface area contributed by atoms with Crippen molar-refractivity contribution >= 4 is 11.6 Å². The average Bonchev–Trinajstić information content (AvgIpc) is 2.19. The molecular weight excluding hydrogens is 178 g/mol. The van der Waals surface area contributed by atoms with Gasteiger partial charge in [-0.15, -0.1) is 0 Å². The van der Waals surface area contributed by atoms with Crippen LogP contribution >= 0.6 is 0 Å². The Bertz CT molecular complexity index is 295. The van der Waals surface area contributed by atoms with E-state index >= 15 is 0 Å². The van der Waals surface area contributed by atoms with E-state index in [1.807, 2.05) is 24.3 Å². The van der Waals surface area contributed by atoms with E-state index in [1.54, 1.807) is 0 Å². The first kappa shape index (κ1) is 10.7. The van der Waals surface area contributed by atoms with Crippen molar-refractivity contribution in [1.29, 1.82) is 0 Å². The third kappa shape index (κ3) is 3.16. The normalized spacial score (nSPS) is 9.86. The van der Waals surface area contributed by atoms with Crippen LogP contribution in [0.2, 0.25) is 0 Å². The van der Waals surface area contributed by atoms with Crippen molar-refractivity contribution < 1.29 is 4.79 Å². The van der Waals surface area contributed by atoms with E-state index < -0.39 is 0 Å². The van der Waals surface area contributed by atoms with Gasteiger partial charge in [0.15, 0.2) is 0 Å². The second-order valence-corrected chi connectivity index (χ2v) is 2.99. The third-order valence-corrected chi connectivity index (χ3v) is 1.84. The molecule has 4 heteroatoms. The Morgan fingerprint density at radius 1 is 1.21 bits per heavy atom. The van der Waals surface area contributed by atoms with E-state index in [0.717, 1.165) is 11.3 Å². The van der Waals surface area contributed by atoms with Gasteiger partial charge in [0.25, 0.3) is 0 Å². The molecule has 14 heavy (non-hydrogen) atoms. The molecule has 0 radical (unpaired) electrons. The van der Waals surface area contributed by atoms with Gasteiger partial charge in [0.1, 0.15) is 0 Å². The SMILES string of the molecule is NCCC(=O)Nc1ccc(CN)cc1. The molecule has 5 N–H and O–H groups in total. The summed E-state index contributed by atoms with van der Waals surface area (Å²) >= 11 is 0. The van der Waals surface area contributed by atoms with Gasteiger partial charge >= 0.3 is 0 Å². The van der Waals surface area contributed by atoms with Crippen molar-refractivity contribution in [3.63, 3.8) is 0 Å². The number of rotatable bonds is 4. The van der Waals surface area contributed by atoms with Crippen LogP contribution in [0.1, 0.15) is 12.0 Å². The van der Waals surface area contributed by atoms with Gasteiger partial charge in [0.2, 0.25) is 5.91 Å². The highest BCUT2D eigenvalue weighted by molar-refractivity contribution is 5.90. The van der Waals surface area contributed by atoms with Crippen LogP contribution in [0.25, 0.3) is 0 Å². The maximum atomic E-state index is 11.2. The van der Waals surface area contributed by atoms with Crippen molar-refractivity contribution in [2.75, 3.05) is 11.9 Å². The van der Waals surface area contributed by atoms with Crippen LogP contribution in [0.4, 0.5) is 5.69 Å². The summed E-state index contributed by atoms with van der Waals surface area (Å²) < 4.78 is 0. The number of nitrogens with one attached hydrogen (secondary N) is 1. The van der Waals surface area contributed by atoms with E-state index in [1.165, 1.54) is 0 Å². The molecule has 0 unspecified atom stereocenters. The zero-order valence-electron chi connectivity index (χ0n) is 7.99. The number of anilines is 1. The largest absolute Gasteiger partial charge is 0.330 e. The topological polar surface area (TPSA) is 81.1 Å². The van der Waals surface area contributed by atoms with Crippen molar-refractivity contribution in [2.24, 2.45) is 11.5 Å². The van der Waals surface area contributed by atoms with E-state index in [9.17, 15) is 4.79 Å². The highest BCUT2D eigenvalue weighted by Crippen LogP contribution is 2.08. The molecule has 1 aromatic carbocycles. The lowest BCUT2D eigenvalue weighted by molar-refractivity contribution is -0.116. The molecule has 0 atom stereocenters. The summed E-state index contributed by atoms with van der Waals surface area (Å²) in [6.45, 7) is 0.879. The molecule has 0 heterocycles. The molecule has 1 amide bonds. The number of amides is 1. The number of nitrogens with two attached hydrogens (primary N) is 2. The van der Waals surface area contributed by atoms with Crippen molar-refractivity contribution in [3.8, 4) is 0 Å². The van der Waals surface area contributed by atoms with Crippen LogP contribution in [0.5, 0.6) is 0 Å². The van der Waals surface area contributed by atoms with Crippen LogP contribution in [-0.2, 0) is 11.3 Å². The van der Waals surface area contributed by atoms with Crippen molar-refractivity contribution in [1.82, 2.24) is 0 Å². The predicted octanol–water partition coefficient (Wildman–Crippen LogP) is 0.433. The minimum atomic E-state index is -0.0620. The minimum absolute atomic E-state index is 0.0620. The van der Waals surface area contributed by atoms with Gasteiger partial charge in [0.05, 0.1) is 0 Å². The number of carbonyl (C=O) groups is 1. The Labute approximate surface area is 83.3 Å². The molecule has 1 aromatic rings. The molecule has 0 spiro atoms. The summed E-state index contributed by atoms with van der Waals surface area (Å²) in [5.41, 5.74) is 12.5. The highest BCUT2D eigenvalue weighted by Gasteiger charge is 1.99. The number of hydrogen-bond donors (Lipinski definition) is 3. The molecule has 0 aliphatic rings. The van der Waals surface area contributed by atoms with E-state index in [-0.39, 0.29) is 5.91 Å². The molecule has 0 aromatic heterocycles. The quantitative estimate of drug-likeness (QED) is 0.648. The van der Waals surface area contributed by atoms with Crippen LogP contribution in [0.15, 0.2) is 24.3 Å². The molecule has 1 rings (SSSR count). The first-order chi connectivity index (χ1) is 6.76. The van der Waals surface area contributed by atoms with Gasteiger partial charge < -0.3 is 16.8 Å². The molecule has 0 saturated heterocycles. The second kappa shape index (κ2) is 5.36. The first-order valence-corrected chi connectivity index (χ1v) is 4.55. The van der Waals surface area contributed by atoms with Gasteiger partial charge in [-0.25, -0.2) is 0 Å². The molecular formula is C10H15N3O. The Hall–Kier alpha value is -1.39. The lowest BCUT2D eigenvalue weighted by atomic mass is 10.2. The summed E-state index contributed by atoms with van der Waals surface area (Å²) in [6, 6.07) is 7.43. The van der Waals surface area contributed by atoms with E-state index in [0.29, 0.717) is 19.5 Å². The number of hydrogen-bond acceptors (Lipinski definition) is 3. The Balaban J connectivity index is 2.55. The molecule has 0 saturated carbocycles. The Kier molecular flexibility index (Phi) is 4.10. The molecule has 76 valence electrons. The van der Waals surface area contributed by atoms with Crippen LogP contribution in [0.3, 0.4) is 0 Å². The lowest BCUT2D eigenvalue weighted by Gasteiger charge is -2.04. The van der Waals surface area contributed by atoms with Gasteiger partial charge in [-0.2, -0.15) is 0 Å². The third-order valence-electron chi connectivity index (χ3n) is 1.84. The summed E-state index contributed by atoms with van der Waals surface area (Å²) in [6.07, 6.45) is 0.346. The zero-order valence-corrected chi connectivity index (χ0v) is 7.99. The minimum Gasteiger partial charge on any atom is -0.330 e. The van der Waals surface area contributed by atoms with E-state index in [2.05, 4.69) is 5.32 Å². The molecule has 4 nitrogen and oxygen atoms in total. The first-order valence-electron chi connectivity index (χ1n) is 4.55. The molecule has 0 aliphatic heterocycles. The summed E-state index contributed by atoms with van der Waals surface area (Å²) in [4.78, 5) is 11.2. The number of benzene rings is 1. The Morgan fingerprint density at radius 3 is 2.36 bits per heavy atom. The fourth-order valence-electron chi connectivity index (χ4n) is 1.08. The standard InChI is InChI=1S/C10H15N3O/c11-6-5-10(14)13-9-3-1-8(7-12)2-4-9/h1-4H,5-7,11-12H2,(H,13,14). The summed E-state index contributed by atoms with van der Waals surface area (Å²) in [7, 11) is 0. The predicted molar refractivity (Wildman–Crippen MR) is 56.6 cm³/mol. The van der Waals surface area contributed by atoms with Gasteiger partial charge in [0, 0.05) is 25.2 Å². The van der Waals surface area contributed by atoms with Gasteiger partial charge in [-0.1, -0.05) is 12.1 Å². The van der Waals surface area contributed by atoms with Crippen LogP contribution in [0, 0.1) is 0 Å². The number of carbonyl (C=O) groups excluding carboxylic acids is 1. The van der Waals surface area contributed by atoms with Crippen molar-refractivity contribution in [3.05, 3.63) is 29.8 Å². The maximum Gasteiger partial charge on any atom is 0.225 e. The average molecular weight is 193 g/mol. The van der Waals surface area contributed by atoms with Crippen molar-refractivity contribution in [2.45, 2.75) is 13.0 Å². The highest BCUT2D eigenvalue weighted by atomic mass is 16.1. The second-order valence-electron chi connectivity index (χ2n) is 2.99. The lowest BCUT2D eigenvalue weighted by Crippen LogP contribution is -2.16. The van der Waals surface area contributed by atoms with Crippen LogP contribution in [-0.4, -0.2) is 12.5 Å². The van der Waals surface area contributed by atoms with Crippen LogP contribution < -0.4 is 16.8 Å². The Morgan fingerprint density at radius 2 is 1.86 bits per heavy atom. The van der Waals surface area contributed by atoms with Gasteiger partial charge in [-0.05, 0) is 17.7 Å². The monoisotopic (exact) mass is 193 g/mol. The summed E-state index contributed by atoms with van der Waals surface area (Å²) in [5, 5.41) is 2.73. The van der Waals surface area contributed by atoms with E-state index in [4.69, 9.17) is 11.5 Å². The summed E-state index contributed by atoms with van der Waals surface area (Å²) in [5.74, 6) is -0.0620. The molecule has 0 fully saturated rings. The molecule has 0 bridgehead atoms. The maximum absolute atomic E-state index is 11.2. The fourth-order valence-corrected chi connectivity index (χ4v) is 1.08.